The lowest BCUT2D eigenvalue weighted by Gasteiger charge is -2.22. The first-order chi connectivity index (χ1) is 9.75. The van der Waals surface area contributed by atoms with Gasteiger partial charge in [-0.15, -0.1) is 0 Å². The zero-order valence-electron chi connectivity index (χ0n) is 10.8. The van der Waals surface area contributed by atoms with Gasteiger partial charge in [-0.1, -0.05) is 12.1 Å². The second kappa shape index (κ2) is 5.17. The first-order valence-electron chi connectivity index (χ1n) is 6.40. The lowest BCUT2D eigenvalue weighted by atomic mass is 9.87. The fourth-order valence-electron chi connectivity index (χ4n) is 2.36. The van der Waals surface area contributed by atoms with Gasteiger partial charge in [-0.3, -0.25) is 9.97 Å². The highest BCUT2D eigenvalue weighted by Crippen LogP contribution is 2.37. The topological polar surface area (TPSA) is 66.2 Å². The summed E-state index contributed by atoms with van der Waals surface area (Å²) in [4.78, 5) is 8.54. The van der Waals surface area contributed by atoms with E-state index >= 15 is 0 Å². The fourth-order valence-corrected chi connectivity index (χ4v) is 2.36. The number of pyridine rings is 2. The van der Waals surface area contributed by atoms with E-state index in [0.717, 1.165) is 17.0 Å². The van der Waals surface area contributed by atoms with Crippen molar-refractivity contribution < 1.29 is 10.2 Å². The Bertz CT molecular complexity index is 663. The Morgan fingerprint density at radius 3 is 2.35 bits per heavy atom. The summed E-state index contributed by atoms with van der Waals surface area (Å²) < 4.78 is 0. The summed E-state index contributed by atoms with van der Waals surface area (Å²) in [6, 6.07) is 11.1. The number of aliphatic hydroxyl groups is 2. The number of nitrogens with zero attached hydrogens (tertiary/aromatic N) is 2. The first kappa shape index (κ1) is 12.4. The van der Waals surface area contributed by atoms with E-state index in [2.05, 4.69) is 9.97 Å². The number of aliphatic hydroxyl groups excluding tert-OH is 2. The van der Waals surface area contributed by atoms with Crippen LogP contribution in [0.1, 0.15) is 23.7 Å². The van der Waals surface area contributed by atoms with Crippen LogP contribution in [-0.2, 0) is 0 Å². The first-order valence-corrected chi connectivity index (χ1v) is 6.40. The highest BCUT2D eigenvalue weighted by Gasteiger charge is 2.26. The van der Waals surface area contributed by atoms with E-state index in [0.29, 0.717) is 6.42 Å². The third-order valence-corrected chi connectivity index (χ3v) is 3.38. The molecule has 0 bridgehead atoms. The van der Waals surface area contributed by atoms with Gasteiger partial charge in [-0.05, 0) is 30.7 Å². The predicted octanol–water partition coefficient (Wildman–Crippen LogP) is 3.38. The fraction of sp³-hybridized carbons (Fsp3) is 0.125. The molecule has 1 aliphatic rings. The molecule has 0 fully saturated rings. The van der Waals surface area contributed by atoms with Gasteiger partial charge < -0.3 is 10.2 Å². The van der Waals surface area contributed by atoms with Gasteiger partial charge in [0.1, 0.15) is 11.5 Å². The van der Waals surface area contributed by atoms with Crippen LogP contribution in [0.5, 0.6) is 0 Å². The molecule has 1 unspecified atom stereocenters. The number of hydrogen-bond acceptors (Lipinski definition) is 4. The zero-order chi connectivity index (χ0) is 13.9. The number of allylic oxidation sites excluding steroid dienone is 3. The van der Waals surface area contributed by atoms with E-state index in [1.807, 2.05) is 36.4 Å². The van der Waals surface area contributed by atoms with E-state index < -0.39 is 0 Å². The molecule has 0 spiro atoms. The molecular formula is C16H14N2O2. The van der Waals surface area contributed by atoms with E-state index in [4.69, 9.17) is 0 Å². The molecule has 2 heterocycles. The second-order valence-corrected chi connectivity index (χ2v) is 4.66. The molecule has 1 atom stereocenters. The Hall–Kier alpha value is -2.62. The average molecular weight is 266 g/mol. The summed E-state index contributed by atoms with van der Waals surface area (Å²) in [5.74, 6) is -0.0571. The van der Waals surface area contributed by atoms with Crippen LogP contribution in [0.15, 0.2) is 66.4 Å². The largest absolute Gasteiger partial charge is 0.511 e. The molecule has 0 radical (unpaired) electrons. The Morgan fingerprint density at radius 1 is 0.950 bits per heavy atom. The summed E-state index contributed by atoms with van der Waals surface area (Å²) in [6.45, 7) is 0. The van der Waals surface area contributed by atoms with Crippen LogP contribution in [0.2, 0.25) is 0 Å². The molecule has 4 nitrogen and oxygen atoms in total. The number of aromatic nitrogens is 2. The van der Waals surface area contributed by atoms with Crippen LogP contribution in [0, 0.1) is 0 Å². The SMILES string of the molecule is OC1=CC(O)=C(c2ccccn2)CC1c1ccccn1. The van der Waals surface area contributed by atoms with Crippen molar-refractivity contribution in [2.24, 2.45) is 0 Å². The monoisotopic (exact) mass is 266 g/mol. The van der Waals surface area contributed by atoms with Crippen LogP contribution in [0.25, 0.3) is 5.57 Å². The van der Waals surface area contributed by atoms with Crippen LogP contribution in [0.4, 0.5) is 0 Å². The molecule has 4 heteroatoms. The Kier molecular flexibility index (Phi) is 3.21. The minimum atomic E-state index is -0.246. The van der Waals surface area contributed by atoms with Gasteiger partial charge in [0.05, 0.1) is 17.3 Å². The van der Waals surface area contributed by atoms with Crippen molar-refractivity contribution in [3.05, 3.63) is 77.8 Å². The standard InChI is InChI=1S/C16H14N2O2/c19-15-10-16(20)12(14-6-2-4-8-18-14)9-11(15)13-5-1-3-7-17-13/h1-8,10-11,19-20H,9H2. The molecule has 20 heavy (non-hydrogen) atoms. The van der Waals surface area contributed by atoms with Crippen molar-refractivity contribution in [2.45, 2.75) is 12.3 Å². The van der Waals surface area contributed by atoms with Crippen molar-refractivity contribution in [3.63, 3.8) is 0 Å². The van der Waals surface area contributed by atoms with Gasteiger partial charge in [0.15, 0.2) is 0 Å². The Balaban J connectivity index is 1.99. The van der Waals surface area contributed by atoms with Crippen molar-refractivity contribution in [2.75, 3.05) is 0 Å². The van der Waals surface area contributed by atoms with Gasteiger partial charge >= 0.3 is 0 Å². The maximum Gasteiger partial charge on any atom is 0.124 e. The summed E-state index contributed by atoms with van der Waals surface area (Å²) in [5.41, 5.74) is 2.22. The van der Waals surface area contributed by atoms with E-state index in [1.54, 1.807) is 12.4 Å². The van der Waals surface area contributed by atoms with E-state index in [1.165, 1.54) is 6.08 Å². The van der Waals surface area contributed by atoms with Gasteiger partial charge in [0.25, 0.3) is 0 Å². The zero-order valence-corrected chi connectivity index (χ0v) is 10.8. The average Bonchev–Trinajstić information content (AvgIpc) is 2.49. The van der Waals surface area contributed by atoms with Crippen LogP contribution in [-0.4, -0.2) is 20.2 Å². The smallest absolute Gasteiger partial charge is 0.124 e. The molecule has 2 aromatic rings. The van der Waals surface area contributed by atoms with Crippen molar-refractivity contribution in [3.8, 4) is 0 Å². The van der Waals surface area contributed by atoms with Crippen LogP contribution in [0.3, 0.4) is 0 Å². The summed E-state index contributed by atoms with van der Waals surface area (Å²) in [7, 11) is 0. The van der Waals surface area contributed by atoms with Gasteiger partial charge in [-0.25, -0.2) is 0 Å². The van der Waals surface area contributed by atoms with Crippen LogP contribution < -0.4 is 0 Å². The molecular weight excluding hydrogens is 252 g/mol. The molecule has 1 aliphatic carbocycles. The Morgan fingerprint density at radius 2 is 1.70 bits per heavy atom. The third-order valence-electron chi connectivity index (χ3n) is 3.38. The highest BCUT2D eigenvalue weighted by molar-refractivity contribution is 5.69. The minimum Gasteiger partial charge on any atom is -0.511 e. The summed E-state index contributed by atoms with van der Waals surface area (Å²) >= 11 is 0. The normalized spacial score (nSPS) is 18.8. The van der Waals surface area contributed by atoms with Crippen molar-refractivity contribution in [1.82, 2.24) is 9.97 Å². The van der Waals surface area contributed by atoms with Gasteiger partial charge in [0.2, 0.25) is 0 Å². The molecule has 3 rings (SSSR count). The molecule has 0 aliphatic heterocycles. The molecule has 0 saturated carbocycles. The van der Waals surface area contributed by atoms with Crippen molar-refractivity contribution in [1.29, 1.82) is 0 Å². The molecule has 0 amide bonds. The molecule has 2 aromatic heterocycles. The second-order valence-electron chi connectivity index (χ2n) is 4.66. The molecule has 0 saturated heterocycles. The number of rotatable bonds is 2. The van der Waals surface area contributed by atoms with Gasteiger partial charge in [0, 0.05) is 24.0 Å². The quantitative estimate of drug-likeness (QED) is 0.874. The third kappa shape index (κ3) is 2.28. The maximum atomic E-state index is 10.1. The maximum absolute atomic E-state index is 10.1. The van der Waals surface area contributed by atoms with E-state index in [9.17, 15) is 10.2 Å². The van der Waals surface area contributed by atoms with Crippen molar-refractivity contribution >= 4 is 5.57 Å². The summed E-state index contributed by atoms with van der Waals surface area (Å²) in [6.07, 6.45) is 5.24. The molecule has 100 valence electrons. The summed E-state index contributed by atoms with van der Waals surface area (Å²) in [5, 5.41) is 20.1. The van der Waals surface area contributed by atoms with Gasteiger partial charge in [-0.2, -0.15) is 0 Å². The van der Waals surface area contributed by atoms with Crippen LogP contribution >= 0.6 is 0 Å². The minimum absolute atomic E-state index is 0.0633. The predicted molar refractivity (Wildman–Crippen MR) is 76.1 cm³/mol. The Labute approximate surface area is 116 Å². The lowest BCUT2D eigenvalue weighted by molar-refractivity contribution is 0.346. The molecule has 0 aromatic carbocycles. The highest BCUT2D eigenvalue weighted by atomic mass is 16.3. The number of hydrogen-bond donors (Lipinski definition) is 2. The van der Waals surface area contributed by atoms with E-state index in [-0.39, 0.29) is 17.4 Å². The molecule has 2 N–H and O–H groups in total. The lowest BCUT2D eigenvalue weighted by Crippen LogP contribution is -2.11.